The normalized spacial score (nSPS) is 10.6. The van der Waals surface area contributed by atoms with Gasteiger partial charge >= 0.3 is 0 Å². The molecule has 0 unspecified atom stereocenters. The van der Waals surface area contributed by atoms with Crippen LogP contribution in [0.2, 0.25) is 0 Å². The molecule has 0 aromatic heterocycles. The van der Waals surface area contributed by atoms with Crippen LogP contribution < -0.4 is 0 Å². The number of carbonyl (C=O) groups is 2. The standard InChI is InChI=1S/2C17H17BrOS/c2*1-11-4-6-14(7-5-11)20-15-8-12(2)17(13(3)9-15)16(19)10-18/h2*4-9H,10H2,1-3H3. The highest BCUT2D eigenvalue weighted by Gasteiger charge is 2.14. The number of alkyl halides is 2. The zero-order chi connectivity index (χ0) is 29.4. The first-order valence-corrected chi connectivity index (χ1v) is 16.8. The number of carbonyl (C=O) groups excluding carboxylic acids is 2. The van der Waals surface area contributed by atoms with E-state index in [0.29, 0.717) is 10.7 Å². The summed E-state index contributed by atoms with van der Waals surface area (Å²) >= 11 is 9.95. The van der Waals surface area contributed by atoms with Gasteiger partial charge in [-0.05, 0) is 112 Å². The predicted molar refractivity (Wildman–Crippen MR) is 179 cm³/mol. The highest BCUT2D eigenvalue weighted by Crippen LogP contribution is 2.32. The van der Waals surface area contributed by atoms with E-state index in [1.807, 2.05) is 27.7 Å². The van der Waals surface area contributed by atoms with Gasteiger partial charge in [0.25, 0.3) is 0 Å². The summed E-state index contributed by atoms with van der Waals surface area (Å²) < 4.78 is 0. The molecule has 208 valence electrons. The lowest BCUT2D eigenvalue weighted by Crippen LogP contribution is -2.05. The Morgan fingerprint density at radius 2 is 0.775 bits per heavy atom. The first-order valence-electron chi connectivity index (χ1n) is 12.9. The maximum atomic E-state index is 11.9. The SMILES string of the molecule is Cc1ccc(Sc2cc(C)c(C(=O)CBr)c(C)c2)cc1.Cc1ccc(Sc2cc(C)c(C(=O)CBr)c(C)c2)cc1. The van der Waals surface area contributed by atoms with E-state index >= 15 is 0 Å². The maximum absolute atomic E-state index is 11.9. The van der Waals surface area contributed by atoms with Crippen LogP contribution in [0.15, 0.2) is 92.4 Å². The van der Waals surface area contributed by atoms with Gasteiger partial charge in [-0.2, -0.15) is 0 Å². The molecule has 0 saturated carbocycles. The van der Waals surface area contributed by atoms with Crippen LogP contribution in [0.3, 0.4) is 0 Å². The fraction of sp³-hybridized carbons (Fsp3) is 0.235. The third-order valence-corrected chi connectivity index (χ3v) is 9.30. The summed E-state index contributed by atoms with van der Waals surface area (Å²) in [6.07, 6.45) is 0. The summed E-state index contributed by atoms with van der Waals surface area (Å²) in [5.74, 6) is 0.291. The van der Waals surface area contributed by atoms with Crippen molar-refractivity contribution >= 4 is 67.0 Å². The van der Waals surface area contributed by atoms with Gasteiger partial charge < -0.3 is 0 Å². The molecule has 0 aliphatic rings. The molecule has 4 aromatic carbocycles. The number of aryl methyl sites for hydroxylation is 6. The molecule has 2 nitrogen and oxygen atoms in total. The number of ketones is 2. The van der Waals surface area contributed by atoms with Crippen molar-refractivity contribution in [2.75, 3.05) is 10.7 Å². The lowest BCUT2D eigenvalue weighted by molar-refractivity contribution is 0.101. The topological polar surface area (TPSA) is 34.1 Å². The Morgan fingerprint density at radius 1 is 0.500 bits per heavy atom. The Hall–Kier alpha value is -2.12. The summed E-state index contributed by atoms with van der Waals surface area (Å²) in [6.45, 7) is 12.2. The quantitative estimate of drug-likeness (QED) is 0.136. The number of benzene rings is 4. The number of hydrogen-bond donors (Lipinski definition) is 0. The molecule has 6 heteroatoms. The second-order valence-corrected chi connectivity index (χ2v) is 13.2. The van der Waals surface area contributed by atoms with Crippen molar-refractivity contribution in [3.8, 4) is 0 Å². The molecule has 0 bridgehead atoms. The summed E-state index contributed by atoms with van der Waals surface area (Å²) in [4.78, 5) is 28.6. The minimum Gasteiger partial charge on any atom is -0.293 e. The molecule has 0 N–H and O–H groups in total. The van der Waals surface area contributed by atoms with E-state index in [-0.39, 0.29) is 11.6 Å². The van der Waals surface area contributed by atoms with Crippen molar-refractivity contribution in [3.63, 3.8) is 0 Å². The van der Waals surface area contributed by atoms with Gasteiger partial charge in [0.15, 0.2) is 11.6 Å². The number of hydrogen-bond acceptors (Lipinski definition) is 4. The Labute approximate surface area is 264 Å². The highest BCUT2D eigenvalue weighted by atomic mass is 79.9. The van der Waals surface area contributed by atoms with Gasteiger partial charge in [-0.15, -0.1) is 0 Å². The van der Waals surface area contributed by atoms with Crippen LogP contribution in [0.4, 0.5) is 0 Å². The van der Waals surface area contributed by atoms with Crippen LogP contribution in [-0.4, -0.2) is 22.2 Å². The van der Waals surface area contributed by atoms with E-state index in [1.54, 1.807) is 23.5 Å². The molecule has 40 heavy (non-hydrogen) atoms. The first-order chi connectivity index (χ1) is 19.0. The van der Waals surface area contributed by atoms with E-state index in [0.717, 1.165) is 33.4 Å². The Kier molecular flexibility index (Phi) is 12.3. The molecule has 0 heterocycles. The molecule has 0 aliphatic heterocycles. The molecular formula is C34H34Br2O2S2. The van der Waals surface area contributed by atoms with E-state index in [4.69, 9.17) is 0 Å². The van der Waals surface area contributed by atoms with Crippen LogP contribution in [0, 0.1) is 41.5 Å². The minimum atomic E-state index is 0.145. The Morgan fingerprint density at radius 3 is 1.02 bits per heavy atom. The zero-order valence-corrected chi connectivity index (χ0v) is 28.5. The zero-order valence-electron chi connectivity index (χ0n) is 23.7. The maximum Gasteiger partial charge on any atom is 0.173 e. The second-order valence-electron chi connectivity index (χ2n) is 9.81. The van der Waals surface area contributed by atoms with Crippen LogP contribution in [0.1, 0.15) is 54.1 Å². The van der Waals surface area contributed by atoms with Gasteiger partial charge in [-0.1, -0.05) is 90.8 Å². The van der Waals surface area contributed by atoms with Crippen molar-refractivity contribution in [1.29, 1.82) is 0 Å². The van der Waals surface area contributed by atoms with Gasteiger partial charge in [0.05, 0.1) is 10.7 Å². The molecule has 4 aromatic rings. The lowest BCUT2D eigenvalue weighted by atomic mass is 10.00. The van der Waals surface area contributed by atoms with Crippen molar-refractivity contribution < 1.29 is 9.59 Å². The van der Waals surface area contributed by atoms with Crippen LogP contribution >= 0.6 is 55.4 Å². The predicted octanol–water partition coefficient (Wildman–Crippen LogP) is 10.7. The van der Waals surface area contributed by atoms with Gasteiger partial charge in [0.2, 0.25) is 0 Å². The van der Waals surface area contributed by atoms with Gasteiger partial charge in [0, 0.05) is 30.7 Å². The smallest absolute Gasteiger partial charge is 0.173 e. The van der Waals surface area contributed by atoms with Gasteiger partial charge in [-0.3, -0.25) is 9.59 Å². The van der Waals surface area contributed by atoms with Crippen molar-refractivity contribution in [3.05, 3.63) is 117 Å². The fourth-order valence-electron chi connectivity index (χ4n) is 4.46. The molecule has 0 radical (unpaired) electrons. The van der Waals surface area contributed by atoms with Crippen molar-refractivity contribution in [2.45, 2.75) is 61.1 Å². The Bertz CT molecular complexity index is 1330. The van der Waals surface area contributed by atoms with E-state index in [1.165, 1.54) is 30.7 Å². The number of halogens is 2. The summed E-state index contributed by atoms with van der Waals surface area (Å²) in [5, 5.41) is 0.748. The molecular weight excluding hydrogens is 664 g/mol. The molecule has 0 saturated heterocycles. The largest absolute Gasteiger partial charge is 0.293 e. The molecule has 0 fully saturated rings. The molecule has 0 spiro atoms. The third-order valence-electron chi connectivity index (χ3n) is 6.33. The van der Waals surface area contributed by atoms with Crippen LogP contribution in [-0.2, 0) is 0 Å². The lowest BCUT2D eigenvalue weighted by Gasteiger charge is -2.11. The molecule has 0 atom stereocenters. The van der Waals surface area contributed by atoms with Crippen molar-refractivity contribution in [1.82, 2.24) is 0 Å². The number of rotatable bonds is 8. The van der Waals surface area contributed by atoms with Crippen LogP contribution in [0.5, 0.6) is 0 Å². The monoisotopic (exact) mass is 696 g/mol. The fourth-order valence-corrected chi connectivity index (χ4v) is 7.06. The first kappa shape index (κ1) is 32.4. The summed E-state index contributed by atoms with van der Waals surface area (Å²) in [6, 6.07) is 25.3. The third kappa shape index (κ3) is 8.94. The van der Waals surface area contributed by atoms with Gasteiger partial charge in [0.1, 0.15) is 0 Å². The van der Waals surface area contributed by atoms with Gasteiger partial charge in [-0.25, -0.2) is 0 Å². The van der Waals surface area contributed by atoms with Crippen molar-refractivity contribution in [2.24, 2.45) is 0 Å². The molecule has 0 aliphatic carbocycles. The summed E-state index contributed by atoms with van der Waals surface area (Å²) in [7, 11) is 0. The average Bonchev–Trinajstić information content (AvgIpc) is 2.90. The van der Waals surface area contributed by atoms with E-state index in [9.17, 15) is 9.59 Å². The summed E-state index contributed by atoms with van der Waals surface area (Å²) in [5.41, 5.74) is 8.39. The van der Waals surface area contributed by atoms with E-state index in [2.05, 4.69) is 119 Å². The highest BCUT2D eigenvalue weighted by molar-refractivity contribution is 9.09. The number of Topliss-reactive ketones (excluding diaryl/α,β-unsaturated/α-hetero) is 2. The second kappa shape index (κ2) is 15.2. The average molecular weight is 699 g/mol. The Balaban J connectivity index is 0.000000220. The van der Waals surface area contributed by atoms with E-state index < -0.39 is 0 Å². The molecule has 0 amide bonds. The van der Waals surface area contributed by atoms with Crippen LogP contribution in [0.25, 0.3) is 0 Å². The minimum absolute atomic E-state index is 0.145. The molecule has 4 rings (SSSR count).